The van der Waals surface area contributed by atoms with Crippen LogP contribution in [0.5, 0.6) is 0 Å². The third-order valence-electron chi connectivity index (χ3n) is 6.02. The van der Waals surface area contributed by atoms with Crippen molar-refractivity contribution in [3.05, 3.63) is 51.4 Å². The van der Waals surface area contributed by atoms with E-state index in [0.29, 0.717) is 18.0 Å². The van der Waals surface area contributed by atoms with Crippen molar-refractivity contribution in [3.63, 3.8) is 0 Å². The Hall–Kier alpha value is -2.16. The molecular weight excluding hydrogens is 366 g/mol. The smallest absolute Gasteiger partial charge is 0.230 e. The van der Waals surface area contributed by atoms with Crippen LogP contribution in [0, 0.1) is 11.3 Å². The summed E-state index contributed by atoms with van der Waals surface area (Å²) >= 11 is 1.62. The second-order valence-corrected chi connectivity index (χ2v) is 9.01. The topological polar surface area (TPSA) is 69.5 Å². The van der Waals surface area contributed by atoms with Crippen LogP contribution >= 0.6 is 11.3 Å². The number of benzene rings is 1. The number of nitrogens with one attached hydrogen (secondary N) is 1. The number of nitriles is 1. The van der Waals surface area contributed by atoms with Crippen LogP contribution in [0.3, 0.4) is 0 Å². The first-order valence-electron chi connectivity index (χ1n) is 10.5. The average Bonchev–Trinajstić information content (AvgIpc) is 2.87. The lowest BCUT2D eigenvalue weighted by Crippen LogP contribution is -2.85. The number of hydrogen-bond acceptors (Lipinski definition) is 3. The zero-order chi connectivity index (χ0) is 19.3. The van der Waals surface area contributed by atoms with Crippen LogP contribution in [0.15, 0.2) is 24.3 Å². The molecule has 0 bridgehead atoms. The van der Waals surface area contributed by atoms with Crippen molar-refractivity contribution in [2.75, 3.05) is 11.9 Å². The first-order chi connectivity index (χ1) is 13.8. The molecule has 28 heavy (non-hydrogen) atoms. The molecule has 1 atom stereocenters. The van der Waals surface area contributed by atoms with Crippen molar-refractivity contribution >= 4 is 22.2 Å². The van der Waals surface area contributed by atoms with E-state index in [4.69, 9.17) is 0 Å². The van der Waals surface area contributed by atoms with E-state index in [-0.39, 0.29) is 5.91 Å². The number of nitrogens with zero attached hydrogens (tertiary/aromatic N) is 1. The highest BCUT2D eigenvalue weighted by molar-refractivity contribution is 7.16. The van der Waals surface area contributed by atoms with Gasteiger partial charge in [0.2, 0.25) is 5.91 Å². The maximum atomic E-state index is 12.5. The molecule has 0 unspecified atom stereocenters. The fraction of sp³-hybridized carbons (Fsp3) is 0.478. The predicted molar refractivity (Wildman–Crippen MR) is 112 cm³/mol. The van der Waals surface area contributed by atoms with Gasteiger partial charge in [0.15, 0.2) is 0 Å². The minimum absolute atomic E-state index is 0.0215. The Balaban J connectivity index is 1.34. The summed E-state index contributed by atoms with van der Waals surface area (Å²) in [6.07, 6.45) is 9.61. The number of quaternary nitrogens is 1. The maximum Gasteiger partial charge on any atom is 0.230 e. The van der Waals surface area contributed by atoms with Gasteiger partial charge in [-0.2, -0.15) is 5.26 Å². The average molecular weight is 395 g/mol. The van der Waals surface area contributed by atoms with Crippen molar-refractivity contribution in [3.8, 4) is 6.07 Å². The highest BCUT2D eigenvalue weighted by atomic mass is 32.1. The van der Waals surface area contributed by atoms with Gasteiger partial charge in [-0.25, -0.2) is 0 Å². The number of fused-ring (bicyclic) bond motifs is 2. The van der Waals surface area contributed by atoms with E-state index in [1.165, 1.54) is 53.7 Å². The zero-order valence-corrected chi connectivity index (χ0v) is 17.1. The SMILES string of the molecule is N#Cc1c(NC(=O)CC[NH2+][C@H]2CCCc3ccccc32)sc2c1CCCCC2. The van der Waals surface area contributed by atoms with Crippen molar-refractivity contribution in [1.82, 2.24) is 0 Å². The van der Waals surface area contributed by atoms with Crippen molar-refractivity contribution in [1.29, 1.82) is 5.26 Å². The van der Waals surface area contributed by atoms with Gasteiger partial charge < -0.3 is 10.6 Å². The molecule has 146 valence electrons. The molecule has 0 radical (unpaired) electrons. The molecule has 2 aromatic rings. The summed E-state index contributed by atoms with van der Waals surface area (Å²) in [5, 5.41) is 15.7. The van der Waals surface area contributed by atoms with E-state index in [9.17, 15) is 10.1 Å². The van der Waals surface area contributed by atoms with E-state index in [0.717, 1.165) is 30.8 Å². The number of nitrogens with two attached hydrogens (primary N) is 1. The third-order valence-corrected chi connectivity index (χ3v) is 7.23. The van der Waals surface area contributed by atoms with Crippen molar-refractivity contribution in [2.45, 2.75) is 63.8 Å². The highest BCUT2D eigenvalue weighted by Crippen LogP contribution is 2.37. The largest absolute Gasteiger partial charge is 0.340 e. The van der Waals surface area contributed by atoms with Crippen molar-refractivity contribution in [2.24, 2.45) is 0 Å². The van der Waals surface area contributed by atoms with Crippen LogP contribution in [-0.2, 0) is 24.1 Å². The van der Waals surface area contributed by atoms with E-state index in [2.05, 4.69) is 41.0 Å². The minimum Gasteiger partial charge on any atom is -0.340 e. The number of rotatable bonds is 5. The highest BCUT2D eigenvalue weighted by Gasteiger charge is 2.23. The Bertz CT molecular complexity index is 896. The molecule has 1 aromatic heterocycles. The van der Waals surface area contributed by atoms with Gasteiger partial charge in [0, 0.05) is 16.9 Å². The number of carbonyl (C=O) groups is 1. The zero-order valence-electron chi connectivity index (χ0n) is 16.3. The van der Waals surface area contributed by atoms with Crippen LogP contribution < -0.4 is 10.6 Å². The summed E-state index contributed by atoms with van der Waals surface area (Å²) in [4.78, 5) is 13.8. The lowest BCUT2D eigenvalue weighted by molar-refractivity contribution is -0.696. The Morgan fingerprint density at radius 3 is 2.93 bits per heavy atom. The quantitative estimate of drug-likeness (QED) is 0.756. The molecule has 4 nitrogen and oxygen atoms in total. The molecule has 1 amide bonds. The molecule has 0 spiro atoms. The summed E-state index contributed by atoms with van der Waals surface area (Å²) < 4.78 is 0. The summed E-state index contributed by atoms with van der Waals surface area (Å²) in [5.41, 5.74) is 4.78. The fourth-order valence-electron chi connectivity index (χ4n) is 4.59. The third kappa shape index (κ3) is 4.14. The first-order valence-corrected chi connectivity index (χ1v) is 11.3. The summed E-state index contributed by atoms with van der Waals surface area (Å²) in [6.45, 7) is 0.776. The number of carbonyl (C=O) groups excluding carboxylic acids is 1. The van der Waals surface area contributed by atoms with Gasteiger partial charge in [-0.15, -0.1) is 11.3 Å². The van der Waals surface area contributed by atoms with Crippen molar-refractivity contribution < 1.29 is 10.1 Å². The second-order valence-electron chi connectivity index (χ2n) is 7.90. The Morgan fingerprint density at radius 2 is 2.04 bits per heavy atom. The van der Waals surface area contributed by atoms with Crippen LogP contribution in [-0.4, -0.2) is 12.5 Å². The maximum absolute atomic E-state index is 12.5. The molecule has 4 rings (SSSR count). The van der Waals surface area contributed by atoms with Crippen LogP contribution in [0.2, 0.25) is 0 Å². The molecule has 0 aliphatic heterocycles. The number of aryl methyl sites for hydroxylation is 2. The molecule has 1 heterocycles. The normalized spacial score (nSPS) is 18.5. The lowest BCUT2D eigenvalue weighted by Gasteiger charge is -2.23. The summed E-state index contributed by atoms with van der Waals surface area (Å²) in [7, 11) is 0. The molecule has 0 fully saturated rings. The molecule has 0 saturated heterocycles. The Kier molecular flexibility index (Phi) is 6.09. The van der Waals surface area contributed by atoms with E-state index < -0.39 is 0 Å². The van der Waals surface area contributed by atoms with Crippen LogP contribution in [0.4, 0.5) is 5.00 Å². The van der Waals surface area contributed by atoms with Gasteiger partial charge in [-0.1, -0.05) is 30.7 Å². The second kappa shape index (κ2) is 8.89. The van der Waals surface area contributed by atoms with Gasteiger partial charge in [-0.05, 0) is 49.7 Å². The molecule has 2 aliphatic carbocycles. The molecule has 0 saturated carbocycles. The van der Waals surface area contributed by atoms with Gasteiger partial charge in [-0.3, -0.25) is 4.79 Å². The van der Waals surface area contributed by atoms with Gasteiger partial charge in [0.05, 0.1) is 18.5 Å². The van der Waals surface area contributed by atoms with Gasteiger partial charge in [0.25, 0.3) is 0 Å². The lowest BCUT2D eigenvalue weighted by atomic mass is 9.88. The molecule has 2 aliphatic rings. The van der Waals surface area contributed by atoms with Gasteiger partial charge >= 0.3 is 0 Å². The number of thiophene rings is 1. The predicted octanol–water partition coefficient (Wildman–Crippen LogP) is 3.86. The number of amides is 1. The summed E-state index contributed by atoms with van der Waals surface area (Å²) in [6, 6.07) is 11.5. The van der Waals surface area contributed by atoms with Gasteiger partial charge in [0.1, 0.15) is 17.1 Å². The monoisotopic (exact) mass is 394 g/mol. The Labute approximate surface area is 171 Å². The first kappa shape index (κ1) is 19.2. The minimum atomic E-state index is 0.0215. The van der Waals surface area contributed by atoms with E-state index in [1.54, 1.807) is 11.3 Å². The van der Waals surface area contributed by atoms with Crippen LogP contribution in [0.25, 0.3) is 0 Å². The molecule has 5 heteroatoms. The van der Waals surface area contributed by atoms with E-state index in [1.807, 2.05) is 0 Å². The fourth-order valence-corrected chi connectivity index (χ4v) is 5.85. The molecule has 1 aromatic carbocycles. The molecule has 3 N–H and O–H groups in total. The number of hydrogen-bond donors (Lipinski definition) is 2. The molecular formula is C23H28N3OS+. The number of anilines is 1. The van der Waals surface area contributed by atoms with Crippen LogP contribution in [0.1, 0.15) is 71.7 Å². The standard InChI is InChI=1S/C23H27N3OS/c24-15-19-18-10-2-1-3-12-21(18)28-23(19)26-22(27)13-14-25-20-11-6-8-16-7-4-5-9-17(16)20/h4-5,7,9,20,25H,1-3,6,8,10-14H2,(H,26,27)/p+1/t20-/m0/s1. The van der Waals surface area contributed by atoms with E-state index >= 15 is 0 Å². The summed E-state index contributed by atoms with van der Waals surface area (Å²) in [5.74, 6) is 0.0215. The Morgan fingerprint density at radius 1 is 1.18 bits per heavy atom.